The van der Waals surface area contributed by atoms with Crippen molar-refractivity contribution in [3.8, 4) is 5.75 Å². The quantitative estimate of drug-likeness (QED) is 0.339. The second-order valence-electron chi connectivity index (χ2n) is 6.86. The molecule has 1 aliphatic heterocycles. The maximum Gasteiger partial charge on any atom is 0.283 e. The molecule has 0 spiro atoms. The number of carbonyl (C=O) groups excluding carboxylic acids is 2. The van der Waals surface area contributed by atoms with Gasteiger partial charge in [-0.05, 0) is 61.5 Å². The summed E-state index contributed by atoms with van der Waals surface area (Å²) in [6, 6.07) is 18.8. The Kier molecular flexibility index (Phi) is 7.20. The van der Waals surface area contributed by atoms with Crippen LogP contribution in [0.15, 0.2) is 82.2 Å². The Morgan fingerprint density at radius 3 is 2.33 bits per heavy atom. The predicted molar refractivity (Wildman–Crippen MR) is 135 cm³/mol. The van der Waals surface area contributed by atoms with Gasteiger partial charge in [0.25, 0.3) is 11.8 Å². The lowest BCUT2D eigenvalue weighted by molar-refractivity contribution is -0.120. The van der Waals surface area contributed by atoms with Crippen LogP contribution in [0.3, 0.4) is 0 Å². The molecule has 9 heteroatoms. The molecule has 0 saturated carbocycles. The number of halogens is 3. The number of rotatable bonds is 7. The van der Waals surface area contributed by atoms with Crippen LogP contribution in [-0.2, 0) is 9.59 Å². The Bertz CT molecular complexity index is 1260. The number of nitrogens with zero attached hydrogens (tertiary/aromatic N) is 1. The minimum atomic E-state index is -0.513. The maximum atomic E-state index is 13.5. The summed E-state index contributed by atoms with van der Waals surface area (Å²) in [5, 5.41) is 4.26. The molecule has 4 rings (SSSR count). The number of carbonyl (C=O) groups is 2. The fourth-order valence-corrected chi connectivity index (χ4v) is 4.52. The first-order valence-electron chi connectivity index (χ1n) is 9.89. The number of hydrogen-bond acceptors (Lipinski definition) is 5. The molecule has 168 valence electrons. The third kappa shape index (κ3) is 4.99. The summed E-state index contributed by atoms with van der Waals surface area (Å²) < 4.78 is 5.67. The van der Waals surface area contributed by atoms with E-state index in [0.29, 0.717) is 33.8 Å². The van der Waals surface area contributed by atoms with Gasteiger partial charge >= 0.3 is 0 Å². The number of para-hydroxylation sites is 2. The van der Waals surface area contributed by atoms with Crippen molar-refractivity contribution >= 4 is 69.8 Å². The molecule has 0 unspecified atom stereocenters. The topological polar surface area (TPSA) is 58.6 Å². The van der Waals surface area contributed by atoms with E-state index in [2.05, 4.69) is 5.32 Å². The molecule has 0 bridgehead atoms. The molecule has 1 heterocycles. The molecule has 2 amide bonds. The highest BCUT2D eigenvalue weighted by atomic mass is 35.5. The molecule has 0 aliphatic carbocycles. The molecule has 33 heavy (non-hydrogen) atoms. The van der Waals surface area contributed by atoms with Gasteiger partial charge in [-0.3, -0.25) is 9.59 Å². The fourth-order valence-electron chi connectivity index (χ4n) is 3.18. The summed E-state index contributed by atoms with van der Waals surface area (Å²) in [5.74, 6) is -0.424. The molecule has 3 aromatic carbocycles. The van der Waals surface area contributed by atoms with Crippen LogP contribution in [0, 0.1) is 0 Å². The second-order valence-corrected chi connectivity index (χ2v) is 9.19. The predicted octanol–water partition coefficient (Wildman–Crippen LogP) is 7.03. The van der Waals surface area contributed by atoms with Gasteiger partial charge < -0.3 is 10.1 Å². The highest BCUT2D eigenvalue weighted by Gasteiger charge is 2.40. The molecule has 0 saturated heterocycles. The Hall–Kier alpha value is -2.64. The van der Waals surface area contributed by atoms with Gasteiger partial charge in [0.2, 0.25) is 0 Å². The van der Waals surface area contributed by atoms with E-state index in [1.165, 1.54) is 17.8 Å². The average molecular weight is 520 g/mol. The molecule has 0 fully saturated rings. The highest BCUT2D eigenvalue weighted by molar-refractivity contribution is 8.04. The van der Waals surface area contributed by atoms with Crippen molar-refractivity contribution in [3.05, 3.63) is 92.4 Å². The lowest BCUT2D eigenvalue weighted by Crippen LogP contribution is -2.32. The molecule has 3 aromatic rings. The number of imide groups is 1. The lowest BCUT2D eigenvalue weighted by Gasteiger charge is -2.16. The maximum absolute atomic E-state index is 13.5. The van der Waals surface area contributed by atoms with Gasteiger partial charge in [0.05, 0.1) is 28.0 Å². The van der Waals surface area contributed by atoms with Gasteiger partial charge in [-0.1, -0.05) is 58.7 Å². The van der Waals surface area contributed by atoms with E-state index in [9.17, 15) is 9.59 Å². The van der Waals surface area contributed by atoms with E-state index in [1.807, 2.05) is 19.1 Å². The van der Waals surface area contributed by atoms with E-state index >= 15 is 0 Å². The minimum absolute atomic E-state index is 0.137. The Balaban J connectivity index is 1.77. The van der Waals surface area contributed by atoms with Crippen LogP contribution in [0.25, 0.3) is 0 Å². The van der Waals surface area contributed by atoms with E-state index in [4.69, 9.17) is 39.5 Å². The van der Waals surface area contributed by atoms with Crippen LogP contribution in [-0.4, -0.2) is 18.4 Å². The van der Waals surface area contributed by atoms with Crippen LogP contribution in [0.2, 0.25) is 15.1 Å². The Labute approximate surface area is 210 Å². The summed E-state index contributed by atoms with van der Waals surface area (Å²) >= 11 is 19.3. The standard InChI is InChI=1S/C24H17Cl3N2O3S/c1-2-32-20-6-4-3-5-19(20)28-21-22(33-16-10-7-14(25)8-11-16)24(31)29(23(21)30)15-9-12-17(26)18(27)13-15/h3-13,28H,2H2,1H3. The third-order valence-electron chi connectivity index (χ3n) is 4.68. The first-order valence-corrected chi connectivity index (χ1v) is 11.8. The number of amides is 2. The molecule has 1 aliphatic rings. The van der Waals surface area contributed by atoms with Crippen LogP contribution in [0.5, 0.6) is 5.75 Å². The Morgan fingerprint density at radius 2 is 1.64 bits per heavy atom. The summed E-state index contributed by atoms with van der Waals surface area (Å²) in [6.07, 6.45) is 0. The largest absolute Gasteiger partial charge is 0.492 e. The second kappa shape index (κ2) is 10.1. The average Bonchev–Trinajstić information content (AvgIpc) is 3.02. The van der Waals surface area contributed by atoms with E-state index < -0.39 is 11.8 Å². The van der Waals surface area contributed by atoms with Crippen molar-refractivity contribution < 1.29 is 14.3 Å². The smallest absolute Gasteiger partial charge is 0.283 e. The van der Waals surface area contributed by atoms with Crippen molar-refractivity contribution in [2.45, 2.75) is 11.8 Å². The van der Waals surface area contributed by atoms with Crippen molar-refractivity contribution in [3.63, 3.8) is 0 Å². The molecule has 0 atom stereocenters. The lowest BCUT2D eigenvalue weighted by atomic mass is 10.2. The number of anilines is 2. The van der Waals surface area contributed by atoms with Gasteiger partial charge in [0.1, 0.15) is 16.4 Å². The number of benzene rings is 3. The zero-order valence-corrected chi connectivity index (χ0v) is 20.4. The minimum Gasteiger partial charge on any atom is -0.492 e. The SMILES string of the molecule is CCOc1ccccc1NC1=C(Sc2ccc(Cl)cc2)C(=O)N(c2ccc(Cl)c(Cl)c2)C1=O. The molecule has 0 radical (unpaired) electrons. The van der Waals surface area contributed by atoms with Crippen LogP contribution in [0.1, 0.15) is 6.92 Å². The van der Waals surface area contributed by atoms with E-state index in [-0.39, 0.29) is 15.6 Å². The van der Waals surface area contributed by atoms with Gasteiger partial charge in [-0.25, -0.2) is 4.90 Å². The number of hydrogen-bond donors (Lipinski definition) is 1. The van der Waals surface area contributed by atoms with Crippen LogP contribution >= 0.6 is 46.6 Å². The Morgan fingerprint density at radius 1 is 0.909 bits per heavy atom. The van der Waals surface area contributed by atoms with Gasteiger partial charge in [-0.15, -0.1) is 0 Å². The molecular weight excluding hydrogens is 503 g/mol. The monoisotopic (exact) mass is 518 g/mol. The van der Waals surface area contributed by atoms with Gasteiger partial charge in [0.15, 0.2) is 0 Å². The molecule has 5 nitrogen and oxygen atoms in total. The van der Waals surface area contributed by atoms with E-state index in [0.717, 1.165) is 9.80 Å². The van der Waals surface area contributed by atoms with Gasteiger partial charge in [0, 0.05) is 9.92 Å². The highest BCUT2D eigenvalue weighted by Crippen LogP contribution is 2.40. The third-order valence-corrected chi connectivity index (χ3v) is 6.76. The van der Waals surface area contributed by atoms with Gasteiger partial charge in [-0.2, -0.15) is 0 Å². The number of thioether (sulfide) groups is 1. The van der Waals surface area contributed by atoms with Crippen molar-refractivity contribution in [2.75, 3.05) is 16.8 Å². The van der Waals surface area contributed by atoms with Crippen molar-refractivity contribution in [2.24, 2.45) is 0 Å². The first-order chi connectivity index (χ1) is 15.9. The van der Waals surface area contributed by atoms with Crippen LogP contribution in [0.4, 0.5) is 11.4 Å². The van der Waals surface area contributed by atoms with E-state index in [1.54, 1.807) is 48.5 Å². The van der Waals surface area contributed by atoms with Crippen molar-refractivity contribution in [1.29, 1.82) is 0 Å². The molecular formula is C24H17Cl3N2O3S. The first kappa shape index (κ1) is 23.5. The normalized spacial score (nSPS) is 13.6. The fraction of sp³-hybridized carbons (Fsp3) is 0.0833. The van der Waals surface area contributed by atoms with Crippen LogP contribution < -0.4 is 15.0 Å². The number of ether oxygens (including phenoxy) is 1. The van der Waals surface area contributed by atoms with Crippen molar-refractivity contribution in [1.82, 2.24) is 0 Å². The summed E-state index contributed by atoms with van der Waals surface area (Å²) in [4.78, 5) is 29.0. The zero-order chi connectivity index (χ0) is 23.5. The summed E-state index contributed by atoms with van der Waals surface area (Å²) in [5.41, 5.74) is 1.03. The summed E-state index contributed by atoms with van der Waals surface area (Å²) in [6.45, 7) is 2.32. The molecule has 1 N–H and O–H groups in total. The number of nitrogens with one attached hydrogen (secondary N) is 1. The summed E-state index contributed by atoms with van der Waals surface area (Å²) in [7, 11) is 0. The zero-order valence-electron chi connectivity index (χ0n) is 17.3. The molecule has 0 aromatic heterocycles.